The van der Waals surface area contributed by atoms with Crippen molar-refractivity contribution in [3.05, 3.63) is 131 Å². The van der Waals surface area contributed by atoms with Gasteiger partial charge in [-0.15, -0.1) is 0 Å². The number of alkyl halides is 9. The maximum Gasteiger partial charge on any atom is 0.432 e. The number of methoxy groups -OCH3 is 3. The van der Waals surface area contributed by atoms with Gasteiger partial charge in [0.1, 0.15) is 29.8 Å². The van der Waals surface area contributed by atoms with Gasteiger partial charge >= 0.3 is 42.4 Å². The van der Waals surface area contributed by atoms with Gasteiger partial charge in [-0.3, -0.25) is 0 Å². The first-order valence-electron chi connectivity index (χ1n) is 17.6. The van der Waals surface area contributed by atoms with Crippen LogP contribution in [0.2, 0.25) is 0 Å². The van der Waals surface area contributed by atoms with Crippen LogP contribution in [0.5, 0.6) is 11.5 Å². The van der Waals surface area contributed by atoms with E-state index < -0.39 is 117 Å². The average molecular weight is 873 g/mol. The summed E-state index contributed by atoms with van der Waals surface area (Å²) in [7, 11) is 1.63. The number of fused-ring (bicyclic) bond motifs is 1. The van der Waals surface area contributed by atoms with E-state index in [-0.39, 0.29) is 0 Å². The van der Waals surface area contributed by atoms with E-state index in [4.69, 9.17) is 33.2 Å². The molecule has 0 aromatic heterocycles. The summed E-state index contributed by atoms with van der Waals surface area (Å²) < 4.78 is 168. The van der Waals surface area contributed by atoms with Crippen LogP contribution in [-0.2, 0) is 54.9 Å². The number of halogens is 9. The molecule has 0 saturated carbocycles. The Balaban J connectivity index is 1.69. The molecular weight excluding hydrogens is 839 g/mol. The zero-order valence-electron chi connectivity index (χ0n) is 32.1. The average Bonchev–Trinajstić information content (AvgIpc) is 3.19. The Labute approximate surface area is 340 Å². The summed E-state index contributed by atoms with van der Waals surface area (Å²) in [6.07, 6.45) is -18.4. The summed E-state index contributed by atoms with van der Waals surface area (Å²) in [6, 6.07) is 17.3. The molecule has 0 spiro atoms. The Bertz CT molecular complexity index is 2230. The van der Waals surface area contributed by atoms with Crippen LogP contribution in [0.1, 0.15) is 45.5 Å². The van der Waals surface area contributed by atoms with Crippen molar-refractivity contribution in [2.24, 2.45) is 0 Å². The van der Waals surface area contributed by atoms with Crippen molar-refractivity contribution in [2.75, 3.05) is 27.9 Å². The summed E-state index contributed by atoms with van der Waals surface area (Å²) in [5.74, 6) is -11.8. The molecule has 4 aromatic rings. The van der Waals surface area contributed by atoms with Crippen molar-refractivity contribution in [1.82, 2.24) is 0 Å². The van der Waals surface area contributed by atoms with Crippen molar-refractivity contribution in [3.8, 4) is 11.5 Å². The van der Waals surface area contributed by atoms with E-state index in [1.807, 2.05) is 0 Å². The first-order chi connectivity index (χ1) is 28.6. The summed E-state index contributed by atoms with van der Waals surface area (Å²) >= 11 is 0. The van der Waals surface area contributed by atoms with E-state index in [2.05, 4.69) is 0 Å². The molecule has 1 heterocycles. The van der Waals surface area contributed by atoms with Crippen molar-refractivity contribution >= 4 is 23.9 Å². The first-order valence-corrected chi connectivity index (χ1v) is 17.6. The van der Waals surface area contributed by atoms with Gasteiger partial charge in [-0.2, -0.15) is 39.5 Å². The fourth-order valence-corrected chi connectivity index (χ4v) is 6.82. The number of benzene rings is 4. The van der Waals surface area contributed by atoms with E-state index in [9.17, 15) is 58.7 Å². The minimum atomic E-state index is -5.60. The molecule has 0 radical (unpaired) electrons. The molecule has 0 bridgehead atoms. The van der Waals surface area contributed by atoms with Crippen molar-refractivity contribution < 1.29 is 91.8 Å². The quantitative estimate of drug-likeness (QED) is 0.0736. The lowest BCUT2D eigenvalue weighted by molar-refractivity contribution is -0.278. The molecule has 5 atom stereocenters. The highest BCUT2D eigenvalue weighted by Gasteiger charge is 2.66. The van der Waals surface area contributed by atoms with Gasteiger partial charge in [-0.05, 0) is 18.6 Å². The monoisotopic (exact) mass is 872 g/mol. The largest absolute Gasteiger partial charge is 0.461 e. The minimum absolute atomic E-state index is 0.424. The maximum absolute atomic E-state index is 14.9. The van der Waals surface area contributed by atoms with Crippen molar-refractivity contribution in [2.45, 2.75) is 54.3 Å². The lowest BCUT2D eigenvalue weighted by Gasteiger charge is -2.36. The molecule has 0 amide bonds. The molecule has 5 rings (SSSR count). The van der Waals surface area contributed by atoms with Crippen molar-refractivity contribution in [3.63, 3.8) is 0 Å². The van der Waals surface area contributed by atoms with E-state index in [1.165, 1.54) is 30.3 Å². The number of rotatable bonds is 13. The molecule has 20 heteroatoms. The molecule has 61 heavy (non-hydrogen) atoms. The van der Waals surface area contributed by atoms with E-state index in [0.717, 1.165) is 67.6 Å². The fourth-order valence-electron chi connectivity index (χ4n) is 6.82. The van der Waals surface area contributed by atoms with Crippen LogP contribution >= 0.6 is 0 Å². The number of ether oxygens (including phenoxy) is 7. The molecule has 0 fully saturated rings. The summed E-state index contributed by atoms with van der Waals surface area (Å²) in [6.45, 7) is 0.160. The number of hydrogen-bond donors (Lipinski definition) is 0. The number of carbonyl (C=O) groups excluding carboxylic acids is 4. The van der Waals surface area contributed by atoms with Gasteiger partial charge in [0.15, 0.2) is 0 Å². The van der Waals surface area contributed by atoms with Gasteiger partial charge in [0.2, 0.25) is 0 Å². The summed E-state index contributed by atoms with van der Waals surface area (Å²) in [5.41, 5.74) is -15.4. The molecule has 11 nitrogen and oxygen atoms in total. The van der Waals surface area contributed by atoms with Crippen LogP contribution < -0.4 is 9.47 Å². The van der Waals surface area contributed by atoms with Crippen LogP contribution in [-0.4, -0.2) is 76.4 Å². The number of hydrogen-bond acceptors (Lipinski definition) is 11. The number of esters is 4. The van der Waals surface area contributed by atoms with Crippen molar-refractivity contribution in [1.29, 1.82) is 0 Å². The normalized spacial score (nSPS) is 17.9. The van der Waals surface area contributed by atoms with Gasteiger partial charge in [0.25, 0.3) is 16.8 Å². The lowest BCUT2D eigenvalue weighted by Crippen LogP contribution is -2.53. The van der Waals surface area contributed by atoms with Gasteiger partial charge in [-0.1, -0.05) is 91.0 Å². The third kappa shape index (κ3) is 8.02. The first kappa shape index (κ1) is 46.1. The zero-order valence-corrected chi connectivity index (χ0v) is 32.1. The van der Waals surface area contributed by atoms with Crippen LogP contribution in [0, 0.1) is 0 Å². The van der Waals surface area contributed by atoms with Gasteiger partial charge < -0.3 is 33.2 Å². The molecule has 0 aliphatic carbocycles. The zero-order chi connectivity index (χ0) is 45.2. The smallest absolute Gasteiger partial charge is 0.432 e. The van der Waals surface area contributed by atoms with Gasteiger partial charge in [-0.25, -0.2) is 19.2 Å². The van der Waals surface area contributed by atoms with E-state index >= 15 is 0 Å². The van der Waals surface area contributed by atoms with E-state index in [0.29, 0.717) is 33.5 Å². The lowest BCUT2D eigenvalue weighted by atomic mass is 9.87. The Morgan fingerprint density at radius 1 is 0.590 bits per heavy atom. The molecule has 0 unspecified atom stereocenters. The topological polar surface area (TPSA) is 133 Å². The van der Waals surface area contributed by atoms with Crippen LogP contribution in [0.15, 0.2) is 103 Å². The van der Waals surface area contributed by atoms with Crippen LogP contribution in [0.25, 0.3) is 0 Å². The second kappa shape index (κ2) is 17.2. The number of cyclic esters (lactones) is 1. The summed E-state index contributed by atoms with van der Waals surface area (Å²) in [5, 5.41) is 0. The Morgan fingerprint density at radius 3 is 1.34 bits per heavy atom. The predicted octanol–water partition coefficient (Wildman–Crippen LogP) is 8.00. The van der Waals surface area contributed by atoms with Crippen LogP contribution in [0.3, 0.4) is 0 Å². The molecule has 0 N–H and O–H groups in total. The van der Waals surface area contributed by atoms with E-state index in [1.54, 1.807) is 0 Å². The second-order valence-electron chi connectivity index (χ2n) is 13.2. The minimum Gasteiger partial charge on any atom is -0.461 e. The molecule has 0 saturated heterocycles. The Kier molecular flexibility index (Phi) is 13.0. The maximum atomic E-state index is 14.9. The predicted molar refractivity (Wildman–Crippen MR) is 190 cm³/mol. The molecule has 1 aliphatic rings. The van der Waals surface area contributed by atoms with Gasteiger partial charge in [0.05, 0.1) is 5.92 Å². The van der Waals surface area contributed by atoms with Gasteiger partial charge in [0, 0.05) is 44.1 Å². The molecule has 1 aliphatic heterocycles. The Morgan fingerprint density at radius 2 is 0.967 bits per heavy atom. The highest BCUT2D eigenvalue weighted by molar-refractivity contribution is 5.98. The number of carbonyl (C=O) groups is 4. The SMILES string of the molecule is CO[C@](C(=O)Oc1cc(OC(=O)[C@@](OC)(c2ccccc2)C(F)(F)F)c2c(c1)[C@@H]([C@H](C)OC(=O)[C@@](OC)(c1ccccc1)C(F)(F)F)COC2=O)(c1ccccc1)C(F)(F)F. The van der Waals surface area contributed by atoms with Crippen LogP contribution in [0.4, 0.5) is 39.5 Å². The standard InChI is InChI=1S/C41H33F9O11/c1-23(59-33(52)36(55-2,39(42,43)44)24-14-8-5-9-15-24)29-22-58-32(51)31-28(29)20-27(60-34(53)37(56-3,40(45,46)47)25-16-10-6-11-17-25)21-30(31)61-35(54)38(57-4,41(48,49)50)26-18-12-7-13-19-26/h5-21,23,29H,22H2,1-4H3/t23-,29+,36-,37-,38-/m0/s1. The third-order valence-corrected chi connectivity index (χ3v) is 9.90. The third-order valence-electron chi connectivity index (χ3n) is 9.90. The fraction of sp³-hybridized carbons (Fsp3) is 0.317. The highest BCUT2D eigenvalue weighted by atomic mass is 19.4. The molecular formula is C41H33F9O11. The molecule has 4 aromatic carbocycles. The summed E-state index contributed by atoms with van der Waals surface area (Å²) in [4.78, 5) is 54.5. The molecule has 326 valence electrons. The Hall–Kier alpha value is -5.99. The highest BCUT2D eigenvalue weighted by Crippen LogP contribution is 2.48. The second-order valence-corrected chi connectivity index (χ2v) is 13.2.